The number of esters is 2. The Labute approximate surface area is 294 Å². The van der Waals surface area contributed by atoms with Gasteiger partial charge in [0.2, 0.25) is 0 Å². The Morgan fingerprint density at radius 1 is 0.585 bits per heavy atom. The van der Waals surface area contributed by atoms with Gasteiger partial charge < -0.3 is 19.2 Å². The van der Waals surface area contributed by atoms with Crippen LogP contribution in [0.4, 0.5) is 0 Å². The minimum atomic E-state index is -5.30. The third kappa shape index (κ3) is 27.8. The molecular weight excluding hydrogens is 566 g/mol. The summed E-state index contributed by atoms with van der Waals surface area (Å²) in [4.78, 5) is 35.8. The number of ether oxygens (including phenoxy) is 1. The number of carboxylic acids is 1. The van der Waals surface area contributed by atoms with Crippen molar-refractivity contribution in [3.8, 4) is 0 Å². The number of carbonyl (C=O) groups is 3. The molecule has 0 aromatic rings. The van der Waals surface area contributed by atoms with Crippen molar-refractivity contribution in [3.63, 3.8) is 0 Å². The summed E-state index contributed by atoms with van der Waals surface area (Å²) in [5.41, 5.74) is 0. The molecule has 0 rings (SSSR count). The van der Waals surface area contributed by atoms with Gasteiger partial charge in [-0.1, -0.05) is 142 Å². The van der Waals surface area contributed by atoms with Crippen LogP contribution in [-0.2, 0) is 29.2 Å². The molecule has 0 heterocycles. The molecule has 0 amide bonds. The second kappa shape index (κ2) is 30.5. The van der Waals surface area contributed by atoms with Gasteiger partial charge in [0.05, 0.1) is 5.92 Å². The van der Waals surface area contributed by atoms with E-state index in [-0.39, 0.29) is 59.1 Å². The van der Waals surface area contributed by atoms with Crippen LogP contribution in [0.5, 0.6) is 0 Å². The van der Waals surface area contributed by atoms with E-state index < -0.39 is 45.6 Å². The van der Waals surface area contributed by atoms with Crippen molar-refractivity contribution >= 4 is 28.0 Å². The minimum absolute atomic E-state index is 0. The first-order valence-corrected chi connectivity index (χ1v) is 17.0. The molecule has 0 radical (unpaired) electrons. The van der Waals surface area contributed by atoms with Crippen LogP contribution in [0.25, 0.3) is 0 Å². The van der Waals surface area contributed by atoms with Crippen molar-refractivity contribution in [3.05, 3.63) is 0 Å². The van der Waals surface area contributed by atoms with E-state index in [0.717, 1.165) is 51.4 Å². The van der Waals surface area contributed by atoms with Crippen LogP contribution in [0.2, 0.25) is 0 Å². The van der Waals surface area contributed by atoms with Crippen molar-refractivity contribution in [1.82, 2.24) is 0 Å². The average Bonchev–Trinajstić information content (AvgIpc) is 2.87. The predicted octanol–water partition coefficient (Wildman–Crippen LogP) is 0.356. The van der Waals surface area contributed by atoms with E-state index in [1.54, 1.807) is 0 Å². The molecule has 0 spiro atoms. The summed E-state index contributed by atoms with van der Waals surface area (Å²) < 4.78 is 38.8. The van der Waals surface area contributed by atoms with E-state index in [4.69, 9.17) is 4.74 Å². The maximum atomic E-state index is 12.8. The van der Waals surface area contributed by atoms with Crippen LogP contribution in [0.15, 0.2) is 0 Å². The maximum Gasteiger partial charge on any atom is 1.00 e. The zero-order valence-corrected chi connectivity index (χ0v) is 31.4. The smallest absolute Gasteiger partial charge is 0.747 e. The number of unbranched alkanes of at least 4 members (excludes halogenated alkanes) is 18. The fraction of sp³-hybridized carbons (Fsp3) is 0.900. The first-order chi connectivity index (χ1) is 18.6. The predicted molar refractivity (Wildman–Crippen MR) is 151 cm³/mol. The van der Waals surface area contributed by atoms with Crippen LogP contribution in [0, 0.1) is 5.92 Å². The van der Waals surface area contributed by atoms with Gasteiger partial charge in [-0.05, 0) is 12.8 Å². The summed E-state index contributed by atoms with van der Waals surface area (Å²) in [5, 5.41) is 8.32. The second-order valence-electron chi connectivity index (χ2n) is 10.9. The molecule has 41 heavy (non-hydrogen) atoms. The number of hydrogen-bond acceptors (Lipinski definition) is 8. The monoisotopic (exact) mass is 620 g/mol. The maximum absolute atomic E-state index is 12.8. The second-order valence-corrected chi connectivity index (χ2v) is 12.5. The Bertz CT molecular complexity index is 738. The third-order valence-electron chi connectivity index (χ3n) is 7.31. The zero-order valence-electron chi connectivity index (χ0n) is 26.6. The fourth-order valence-electron chi connectivity index (χ4n) is 4.84. The largest absolute Gasteiger partial charge is 1.00 e. The number of rotatable bonds is 27. The van der Waals surface area contributed by atoms with E-state index >= 15 is 0 Å². The molecule has 0 aliphatic carbocycles. The molecule has 0 saturated carbocycles. The third-order valence-corrected chi connectivity index (χ3v) is 8.37. The molecule has 8 nitrogen and oxygen atoms in total. The van der Waals surface area contributed by atoms with Crippen LogP contribution >= 0.6 is 0 Å². The van der Waals surface area contributed by atoms with Gasteiger partial charge in [0.25, 0.3) is 0 Å². The van der Waals surface area contributed by atoms with Gasteiger partial charge in [0, 0.05) is 12.4 Å². The summed E-state index contributed by atoms with van der Waals surface area (Å²) in [6, 6.07) is 0. The summed E-state index contributed by atoms with van der Waals surface area (Å²) in [5.74, 6) is -4.97. The molecule has 0 N–H and O–H groups in total. The van der Waals surface area contributed by atoms with Crippen LogP contribution in [0.1, 0.15) is 162 Å². The molecule has 0 saturated heterocycles. The first-order valence-electron chi connectivity index (χ1n) is 15.5. The van der Waals surface area contributed by atoms with Gasteiger partial charge >= 0.3 is 71.1 Å². The molecule has 0 fully saturated rings. The number of hydrogen-bond donors (Lipinski definition) is 0. The van der Waals surface area contributed by atoms with Crippen molar-refractivity contribution in [1.29, 1.82) is 0 Å². The number of carboxylic acid groups (broad SMARTS) is 1. The van der Waals surface area contributed by atoms with Crippen molar-refractivity contribution in [2.45, 2.75) is 167 Å². The van der Waals surface area contributed by atoms with E-state index in [0.29, 0.717) is 12.8 Å². The van der Waals surface area contributed by atoms with E-state index in [1.807, 2.05) is 0 Å². The Morgan fingerprint density at radius 3 is 1.20 bits per heavy atom. The molecule has 230 valence electrons. The van der Waals surface area contributed by atoms with E-state index in [1.165, 1.54) is 77.0 Å². The van der Waals surface area contributed by atoms with Crippen LogP contribution in [0.3, 0.4) is 0 Å². The standard InChI is InChI=1S/C30H56O8S.2Na/c1-3-5-7-9-11-13-15-17-19-21-23-26(24-22-20-18-16-14-12-10-8-6-4-2)29(33)38-30(34)27(25-28(31)32)39(35,36)37;;/h26-27H,3-25H2,1-2H3,(H,31,32)(H,35,36,37);;/q;2*+1/p-2. The molecule has 0 bridgehead atoms. The van der Waals surface area contributed by atoms with Crippen molar-refractivity contribution in [2.75, 3.05) is 0 Å². The Hall–Kier alpha value is 0.520. The van der Waals surface area contributed by atoms with Gasteiger partial charge in [-0.2, -0.15) is 0 Å². The number of aliphatic carboxylic acids is 1. The van der Waals surface area contributed by atoms with E-state index in [2.05, 4.69) is 13.8 Å². The molecule has 0 aromatic heterocycles. The van der Waals surface area contributed by atoms with Gasteiger partial charge in [0.1, 0.15) is 10.1 Å². The minimum Gasteiger partial charge on any atom is -0.747 e. The molecule has 1 atom stereocenters. The molecular formula is C30H54Na2O8S. The zero-order chi connectivity index (χ0) is 29.4. The molecule has 0 aliphatic heterocycles. The average molecular weight is 621 g/mol. The summed E-state index contributed by atoms with van der Waals surface area (Å²) in [6.45, 7) is 4.40. The van der Waals surface area contributed by atoms with Crippen molar-refractivity contribution < 1.29 is 96.3 Å². The topological polar surface area (TPSA) is 141 Å². The summed E-state index contributed by atoms with van der Waals surface area (Å²) >= 11 is 0. The van der Waals surface area contributed by atoms with Crippen LogP contribution in [-0.4, -0.2) is 36.1 Å². The quantitative estimate of drug-likeness (QED) is 0.0422. The van der Waals surface area contributed by atoms with E-state index in [9.17, 15) is 32.5 Å². The Morgan fingerprint density at radius 2 is 0.902 bits per heavy atom. The number of carbonyl (C=O) groups excluding carboxylic acids is 3. The molecule has 0 aliphatic rings. The van der Waals surface area contributed by atoms with Gasteiger partial charge in [-0.25, -0.2) is 8.42 Å². The summed E-state index contributed by atoms with van der Waals surface area (Å²) in [7, 11) is -5.30. The van der Waals surface area contributed by atoms with Crippen LogP contribution < -0.4 is 64.2 Å². The van der Waals surface area contributed by atoms with Gasteiger partial charge in [-0.15, -0.1) is 0 Å². The first kappa shape index (κ1) is 45.9. The van der Waals surface area contributed by atoms with Gasteiger partial charge in [-0.3, -0.25) is 9.59 Å². The van der Waals surface area contributed by atoms with Gasteiger partial charge in [0.15, 0.2) is 5.25 Å². The molecule has 0 aromatic carbocycles. The SMILES string of the molecule is CCCCCCCCCCCCC(CCCCCCCCCCCC)C(=O)OC(=O)C(CC(=O)[O-])S(=O)(=O)[O-].[Na+].[Na+]. The Balaban J connectivity index is -0.00000722. The molecule has 1 unspecified atom stereocenters. The summed E-state index contributed by atoms with van der Waals surface area (Å²) in [6.07, 6.45) is 22.6. The Kier molecular flexibility index (Phi) is 34.2. The normalized spacial score (nSPS) is 11.9. The van der Waals surface area contributed by atoms with Crippen molar-refractivity contribution in [2.24, 2.45) is 5.92 Å². The molecule has 11 heteroatoms. The fourth-order valence-corrected chi connectivity index (χ4v) is 5.46.